The van der Waals surface area contributed by atoms with Crippen molar-refractivity contribution in [2.75, 3.05) is 12.0 Å². The Morgan fingerprint density at radius 3 is 2.27 bits per heavy atom. The molecule has 3 nitrogen and oxygen atoms in total. The van der Waals surface area contributed by atoms with Gasteiger partial charge in [-0.3, -0.25) is 0 Å². The highest BCUT2D eigenvalue weighted by molar-refractivity contribution is 7.90. The minimum Gasteiger partial charge on any atom is -0.312 e. The van der Waals surface area contributed by atoms with Crippen LogP contribution in [0.4, 0.5) is 0 Å². The third-order valence-electron chi connectivity index (χ3n) is 2.29. The Balaban J connectivity index is 3.73. The molecule has 0 aliphatic heterocycles. The molecule has 0 heterocycles. The predicted octanol–water partition coefficient (Wildman–Crippen LogP) is 1.75. The van der Waals surface area contributed by atoms with Crippen LogP contribution in [0.25, 0.3) is 0 Å². The molecule has 0 bridgehead atoms. The van der Waals surface area contributed by atoms with Gasteiger partial charge in [-0.2, -0.15) is 0 Å². The summed E-state index contributed by atoms with van der Waals surface area (Å²) < 4.78 is 21.9. The fraction of sp³-hybridized carbons (Fsp3) is 0.818. The molecule has 15 heavy (non-hydrogen) atoms. The van der Waals surface area contributed by atoms with Crippen LogP contribution in [0, 0.1) is 0 Å². The van der Waals surface area contributed by atoms with Gasteiger partial charge in [-0.1, -0.05) is 6.08 Å². The SMILES string of the molecule is C=CCCC(C)NC(C)CCS(C)(=O)=O. The smallest absolute Gasteiger partial charge is 0.147 e. The van der Waals surface area contributed by atoms with Crippen molar-refractivity contribution < 1.29 is 8.42 Å². The molecule has 0 aliphatic carbocycles. The van der Waals surface area contributed by atoms with Crippen molar-refractivity contribution in [1.29, 1.82) is 0 Å². The van der Waals surface area contributed by atoms with Gasteiger partial charge in [0.05, 0.1) is 5.75 Å². The summed E-state index contributed by atoms with van der Waals surface area (Å²) in [4.78, 5) is 0. The summed E-state index contributed by atoms with van der Waals surface area (Å²) in [6.45, 7) is 7.81. The number of sulfone groups is 1. The van der Waals surface area contributed by atoms with E-state index in [9.17, 15) is 8.42 Å². The maximum absolute atomic E-state index is 11.0. The van der Waals surface area contributed by atoms with Gasteiger partial charge in [0, 0.05) is 18.3 Å². The minimum absolute atomic E-state index is 0.250. The number of allylic oxidation sites excluding steroid dienone is 1. The highest BCUT2D eigenvalue weighted by Crippen LogP contribution is 2.01. The molecule has 0 aliphatic rings. The van der Waals surface area contributed by atoms with Crippen LogP contribution in [-0.2, 0) is 9.84 Å². The van der Waals surface area contributed by atoms with Gasteiger partial charge in [-0.05, 0) is 33.1 Å². The van der Waals surface area contributed by atoms with Crippen LogP contribution in [0.2, 0.25) is 0 Å². The van der Waals surface area contributed by atoms with Gasteiger partial charge in [0.25, 0.3) is 0 Å². The van der Waals surface area contributed by atoms with Gasteiger partial charge in [0.1, 0.15) is 9.84 Å². The summed E-state index contributed by atoms with van der Waals surface area (Å²) in [6.07, 6.45) is 5.90. The van der Waals surface area contributed by atoms with Crippen molar-refractivity contribution in [3.05, 3.63) is 12.7 Å². The lowest BCUT2D eigenvalue weighted by molar-refractivity contribution is 0.440. The largest absolute Gasteiger partial charge is 0.312 e. The molecule has 0 aromatic carbocycles. The first-order valence-corrected chi connectivity index (χ1v) is 7.46. The molecular formula is C11H23NO2S. The van der Waals surface area contributed by atoms with Crippen molar-refractivity contribution in [2.24, 2.45) is 0 Å². The Labute approximate surface area is 93.9 Å². The van der Waals surface area contributed by atoms with Gasteiger partial charge >= 0.3 is 0 Å². The molecule has 1 N–H and O–H groups in total. The summed E-state index contributed by atoms with van der Waals surface area (Å²) in [6, 6.07) is 0.664. The predicted molar refractivity (Wildman–Crippen MR) is 65.8 cm³/mol. The maximum Gasteiger partial charge on any atom is 0.147 e. The van der Waals surface area contributed by atoms with E-state index in [0.717, 1.165) is 12.8 Å². The van der Waals surface area contributed by atoms with Crippen LogP contribution in [0.15, 0.2) is 12.7 Å². The first-order chi connectivity index (χ1) is 6.85. The number of nitrogens with one attached hydrogen (secondary N) is 1. The van der Waals surface area contributed by atoms with Crippen molar-refractivity contribution in [3.8, 4) is 0 Å². The monoisotopic (exact) mass is 233 g/mol. The molecule has 0 saturated heterocycles. The van der Waals surface area contributed by atoms with E-state index in [4.69, 9.17) is 0 Å². The van der Waals surface area contributed by atoms with E-state index in [2.05, 4.69) is 18.8 Å². The topological polar surface area (TPSA) is 46.2 Å². The summed E-state index contributed by atoms with van der Waals surface area (Å²) in [5.41, 5.74) is 0. The van der Waals surface area contributed by atoms with Crippen molar-refractivity contribution in [2.45, 2.75) is 45.2 Å². The Kier molecular flexibility index (Phi) is 6.85. The Morgan fingerprint density at radius 2 is 1.80 bits per heavy atom. The zero-order valence-electron chi connectivity index (χ0n) is 9.99. The number of rotatable bonds is 8. The first kappa shape index (κ1) is 14.6. The van der Waals surface area contributed by atoms with Crippen molar-refractivity contribution in [1.82, 2.24) is 5.32 Å². The highest BCUT2D eigenvalue weighted by atomic mass is 32.2. The molecule has 0 aromatic heterocycles. The average molecular weight is 233 g/mol. The molecule has 0 radical (unpaired) electrons. The van der Waals surface area contributed by atoms with Gasteiger partial charge in [0.15, 0.2) is 0 Å². The van der Waals surface area contributed by atoms with Gasteiger partial charge in [-0.25, -0.2) is 8.42 Å². The van der Waals surface area contributed by atoms with Crippen LogP contribution in [0.3, 0.4) is 0 Å². The Morgan fingerprint density at radius 1 is 1.27 bits per heavy atom. The second kappa shape index (κ2) is 7.01. The third-order valence-corrected chi connectivity index (χ3v) is 3.27. The van der Waals surface area contributed by atoms with E-state index >= 15 is 0 Å². The van der Waals surface area contributed by atoms with Crippen LogP contribution in [0.5, 0.6) is 0 Å². The van der Waals surface area contributed by atoms with Crippen LogP contribution < -0.4 is 5.32 Å². The fourth-order valence-electron chi connectivity index (χ4n) is 1.41. The van der Waals surface area contributed by atoms with Crippen LogP contribution >= 0.6 is 0 Å². The van der Waals surface area contributed by atoms with E-state index in [1.807, 2.05) is 13.0 Å². The molecule has 2 atom stereocenters. The van der Waals surface area contributed by atoms with E-state index in [1.54, 1.807) is 0 Å². The molecule has 0 rings (SSSR count). The molecule has 0 amide bonds. The zero-order chi connectivity index (χ0) is 11.9. The Hall–Kier alpha value is -0.350. The molecule has 0 saturated carbocycles. The zero-order valence-corrected chi connectivity index (χ0v) is 10.8. The number of hydrogen-bond donors (Lipinski definition) is 1. The minimum atomic E-state index is -2.83. The summed E-state index contributed by atoms with van der Waals surface area (Å²) in [7, 11) is -2.83. The van der Waals surface area contributed by atoms with Crippen LogP contribution in [-0.4, -0.2) is 32.5 Å². The molecule has 90 valence electrons. The first-order valence-electron chi connectivity index (χ1n) is 5.40. The molecule has 2 unspecified atom stereocenters. The fourth-order valence-corrected chi connectivity index (χ4v) is 2.19. The van der Waals surface area contributed by atoms with Gasteiger partial charge in [-0.15, -0.1) is 6.58 Å². The summed E-state index contributed by atoms with van der Waals surface area (Å²) in [5.74, 6) is 0.259. The Bertz CT molecular complexity index is 272. The normalized spacial score (nSPS) is 15.9. The van der Waals surface area contributed by atoms with Gasteiger partial charge in [0.2, 0.25) is 0 Å². The quantitative estimate of drug-likeness (QED) is 0.650. The van der Waals surface area contributed by atoms with Crippen molar-refractivity contribution in [3.63, 3.8) is 0 Å². The van der Waals surface area contributed by atoms with E-state index in [0.29, 0.717) is 12.5 Å². The highest BCUT2D eigenvalue weighted by Gasteiger charge is 2.09. The standard InChI is InChI=1S/C11H23NO2S/c1-5-6-7-10(2)12-11(3)8-9-15(4,13)14/h5,10-12H,1,6-9H2,2-4H3. The van der Waals surface area contributed by atoms with E-state index < -0.39 is 9.84 Å². The maximum atomic E-state index is 11.0. The van der Waals surface area contributed by atoms with E-state index in [-0.39, 0.29) is 11.8 Å². The molecule has 0 aromatic rings. The second-order valence-corrected chi connectivity index (χ2v) is 6.51. The van der Waals surface area contributed by atoms with Gasteiger partial charge < -0.3 is 5.32 Å². The number of hydrogen-bond acceptors (Lipinski definition) is 3. The average Bonchev–Trinajstić information content (AvgIpc) is 2.10. The molecular weight excluding hydrogens is 210 g/mol. The summed E-state index contributed by atoms with van der Waals surface area (Å²) in [5, 5.41) is 3.38. The summed E-state index contributed by atoms with van der Waals surface area (Å²) >= 11 is 0. The second-order valence-electron chi connectivity index (χ2n) is 4.25. The lowest BCUT2D eigenvalue weighted by atomic mass is 10.1. The molecule has 0 fully saturated rings. The van der Waals surface area contributed by atoms with Crippen LogP contribution in [0.1, 0.15) is 33.1 Å². The third kappa shape index (κ3) is 9.94. The lowest BCUT2D eigenvalue weighted by Crippen LogP contribution is -2.35. The lowest BCUT2D eigenvalue weighted by Gasteiger charge is -2.19. The van der Waals surface area contributed by atoms with E-state index in [1.165, 1.54) is 6.26 Å². The molecule has 0 spiro atoms. The van der Waals surface area contributed by atoms with Crippen molar-refractivity contribution >= 4 is 9.84 Å². The molecule has 4 heteroatoms.